The minimum Gasteiger partial charge on any atom is -0.504 e. The van der Waals surface area contributed by atoms with E-state index < -0.39 is 4.92 Å². The summed E-state index contributed by atoms with van der Waals surface area (Å²) in [5, 5.41) is 23.8. The summed E-state index contributed by atoms with van der Waals surface area (Å²) in [6, 6.07) is 9.61. The number of methoxy groups -OCH3 is 1. The molecule has 0 spiro atoms. The van der Waals surface area contributed by atoms with Crippen LogP contribution in [0.15, 0.2) is 40.9 Å². The van der Waals surface area contributed by atoms with Gasteiger partial charge in [-0.15, -0.1) is 0 Å². The number of nitro benzene ring substituents is 1. The molecule has 0 bridgehead atoms. The molecule has 0 aliphatic carbocycles. The zero-order valence-corrected chi connectivity index (χ0v) is 12.8. The van der Waals surface area contributed by atoms with Gasteiger partial charge in [0.05, 0.1) is 17.7 Å². The van der Waals surface area contributed by atoms with E-state index in [1.54, 1.807) is 24.3 Å². The summed E-state index contributed by atoms with van der Waals surface area (Å²) in [4.78, 5) is 10.3. The number of para-hydroxylation sites is 1. The zero-order valence-electron chi connectivity index (χ0n) is 11.2. The minimum absolute atomic E-state index is 0.00411. The standard InChI is InChI=1S/C14H13BrN2O4/c1-21-13-4-2-3-9(14(13)18)8-16-12-7-10(17(19)20)5-6-11(12)15/h2-7,16,18H,8H2,1H3. The summed E-state index contributed by atoms with van der Waals surface area (Å²) in [7, 11) is 1.48. The van der Waals surface area contributed by atoms with Crippen LogP contribution >= 0.6 is 15.9 Å². The molecule has 7 heteroatoms. The number of nitrogens with zero attached hydrogens (tertiary/aromatic N) is 1. The second-order valence-electron chi connectivity index (χ2n) is 4.24. The van der Waals surface area contributed by atoms with E-state index in [9.17, 15) is 15.2 Å². The van der Waals surface area contributed by atoms with Gasteiger partial charge in [0.25, 0.3) is 5.69 Å². The first-order valence-electron chi connectivity index (χ1n) is 6.05. The second-order valence-corrected chi connectivity index (χ2v) is 5.10. The van der Waals surface area contributed by atoms with Crippen molar-refractivity contribution in [2.75, 3.05) is 12.4 Å². The van der Waals surface area contributed by atoms with Gasteiger partial charge < -0.3 is 15.2 Å². The number of halogens is 1. The minimum atomic E-state index is -0.458. The normalized spacial score (nSPS) is 10.2. The SMILES string of the molecule is COc1cccc(CNc2cc([N+](=O)[O-])ccc2Br)c1O. The number of nitrogens with one attached hydrogen (secondary N) is 1. The zero-order chi connectivity index (χ0) is 15.4. The molecule has 110 valence electrons. The maximum Gasteiger partial charge on any atom is 0.271 e. The lowest BCUT2D eigenvalue weighted by atomic mass is 10.1. The summed E-state index contributed by atoms with van der Waals surface area (Å²) in [5.41, 5.74) is 1.20. The molecule has 0 heterocycles. The van der Waals surface area contributed by atoms with Crippen LogP contribution in [0.3, 0.4) is 0 Å². The van der Waals surface area contributed by atoms with E-state index in [1.165, 1.54) is 19.2 Å². The third-order valence-electron chi connectivity index (χ3n) is 2.93. The quantitative estimate of drug-likeness (QED) is 0.633. The third kappa shape index (κ3) is 3.43. The molecule has 0 saturated carbocycles. The smallest absolute Gasteiger partial charge is 0.271 e. The Morgan fingerprint density at radius 1 is 1.38 bits per heavy atom. The van der Waals surface area contributed by atoms with E-state index in [0.29, 0.717) is 28.0 Å². The van der Waals surface area contributed by atoms with Crippen LogP contribution in [0.2, 0.25) is 0 Å². The van der Waals surface area contributed by atoms with E-state index >= 15 is 0 Å². The fourth-order valence-corrected chi connectivity index (χ4v) is 2.21. The van der Waals surface area contributed by atoms with Crippen molar-refractivity contribution >= 4 is 27.3 Å². The van der Waals surface area contributed by atoms with Crippen molar-refractivity contribution in [3.8, 4) is 11.5 Å². The summed E-state index contributed by atoms with van der Waals surface area (Å²) in [5.74, 6) is 0.432. The Morgan fingerprint density at radius 2 is 2.14 bits per heavy atom. The lowest BCUT2D eigenvalue weighted by Crippen LogP contribution is -2.02. The molecule has 0 unspecified atom stereocenters. The van der Waals surface area contributed by atoms with Gasteiger partial charge >= 0.3 is 0 Å². The molecule has 2 aromatic carbocycles. The van der Waals surface area contributed by atoms with Crippen molar-refractivity contribution in [3.63, 3.8) is 0 Å². The number of phenolic OH excluding ortho intramolecular Hbond substituents is 1. The number of phenols is 1. The first-order valence-corrected chi connectivity index (χ1v) is 6.85. The summed E-state index contributed by atoms with van der Waals surface area (Å²) < 4.78 is 5.74. The van der Waals surface area contributed by atoms with Gasteiger partial charge in [-0.1, -0.05) is 12.1 Å². The van der Waals surface area contributed by atoms with Crippen LogP contribution < -0.4 is 10.1 Å². The molecule has 2 rings (SSSR count). The number of aromatic hydroxyl groups is 1. The molecule has 6 nitrogen and oxygen atoms in total. The molecular weight excluding hydrogens is 340 g/mol. The summed E-state index contributed by atoms with van der Waals surface area (Å²) in [6.07, 6.45) is 0. The molecule has 21 heavy (non-hydrogen) atoms. The molecule has 0 aliphatic rings. The van der Waals surface area contributed by atoms with E-state index in [-0.39, 0.29) is 11.4 Å². The van der Waals surface area contributed by atoms with E-state index in [2.05, 4.69) is 21.2 Å². The van der Waals surface area contributed by atoms with Crippen molar-refractivity contribution in [2.24, 2.45) is 0 Å². The number of non-ortho nitro benzene ring substituents is 1. The van der Waals surface area contributed by atoms with Crippen LogP contribution in [0.25, 0.3) is 0 Å². The van der Waals surface area contributed by atoms with Gasteiger partial charge in [-0.3, -0.25) is 10.1 Å². The Labute approximate surface area is 129 Å². The van der Waals surface area contributed by atoms with Crippen molar-refractivity contribution in [1.82, 2.24) is 0 Å². The monoisotopic (exact) mass is 352 g/mol. The highest BCUT2D eigenvalue weighted by molar-refractivity contribution is 9.10. The second kappa shape index (κ2) is 6.45. The molecule has 0 fully saturated rings. The lowest BCUT2D eigenvalue weighted by molar-refractivity contribution is -0.384. The van der Waals surface area contributed by atoms with Crippen LogP contribution in [0, 0.1) is 10.1 Å². The van der Waals surface area contributed by atoms with Crippen LogP contribution in [-0.4, -0.2) is 17.1 Å². The Balaban J connectivity index is 2.20. The number of anilines is 1. The lowest BCUT2D eigenvalue weighted by Gasteiger charge is -2.11. The van der Waals surface area contributed by atoms with E-state index in [1.807, 2.05) is 0 Å². The van der Waals surface area contributed by atoms with Crippen molar-refractivity contribution in [2.45, 2.75) is 6.54 Å². The number of ether oxygens (including phenoxy) is 1. The summed E-state index contributed by atoms with van der Waals surface area (Å²) in [6.45, 7) is 0.308. The van der Waals surface area contributed by atoms with Gasteiger partial charge in [-0.25, -0.2) is 0 Å². The third-order valence-corrected chi connectivity index (χ3v) is 3.62. The molecule has 0 radical (unpaired) electrons. The van der Waals surface area contributed by atoms with Crippen molar-refractivity contribution in [1.29, 1.82) is 0 Å². The average Bonchev–Trinajstić information content (AvgIpc) is 2.47. The highest BCUT2D eigenvalue weighted by Gasteiger charge is 2.11. The Hall–Kier alpha value is -2.28. The fourth-order valence-electron chi connectivity index (χ4n) is 1.83. The maximum atomic E-state index is 10.8. The van der Waals surface area contributed by atoms with Crippen LogP contribution in [0.4, 0.5) is 11.4 Å². The summed E-state index contributed by atoms with van der Waals surface area (Å²) >= 11 is 3.33. The van der Waals surface area contributed by atoms with Crippen LogP contribution in [-0.2, 0) is 6.54 Å². The number of rotatable bonds is 5. The van der Waals surface area contributed by atoms with Gasteiger partial charge in [-0.2, -0.15) is 0 Å². The van der Waals surface area contributed by atoms with Crippen LogP contribution in [0.5, 0.6) is 11.5 Å². The first kappa shape index (κ1) is 15.1. The highest BCUT2D eigenvalue weighted by Crippen LogP contribution is 2.31. The average molecular weight is 353 g/mol. The highest BCUT2D eigenvalue weighted by atomic mass is 79.9. The fraction of sp³-hybridized carbons (Fsp3) is 0.143. The molecule has 2 N–H and O–H groups in total. The van der Waals surface area contributed by atoms with Gasteiger partial charge in [0.1, 0.15) is 0 Å². The molecule has 0 aromatic heterocycles. The number of hydrogen-bond acceptors (Lipinski definition) is 5. The Morgan fingerprint density at radius 3 is 2.81 bits per heavy atom. The Kier molecular flexibility index (Phi) is 4.64. The predicted molar refractivity (Wildman–Crippen MR) is 82.8 cm³/mol. The topological polar surface area (TPSA) is 84.6 Å². The van der Waals surface area contributed by atoms with Gasteiger partial charge in [0, 0.05) is 28.7 Å². The number of nitro groups is 1. The number of hydrogen-bond donors (Lipinski definition) is 2. The van der Waals surface area contributed by atoms with Gasteiger partial charge in [-0.05, 0) is 28.1 Å². The number of benzene rings is 2. The Bertz CT molecular complexity index is 676. The molecule has 0 saturated heterocycles. The van der Waals surface area contributed by atoms with Crippen molar-refractivity contribution in [3.05, 3.63) is 56.5 Å². The van der Waals surface area contributed by atoms with Gasteiger partial charge in [0.2, 0.25) is 0 Å². The van der Waals surface area contributed by atoms with Gasteiger partial charge in [0.15, 0.2) is 11.5 Å². The molecule has 2 aromatic rings. The van der Waals surface area contributed by atoms with E-state index in [4.69, 9.17) is 4.74 Å². The molecule has 0 amide bonds. The van der Waals surface area contributed by atoms with E-state index in [0.717, 1.165) is 0 Å². The molecule has 0 atom stereocenters. The van der Waals surface area contributed by atoms with Crippen LogP contribution in [0.1, 0.15) is 5.56 Å². The molecular formula is C14H13BrN2O4. The molecule has 0 aliphatic heterocycles. The predicted octanol–water partition coefficient (Wildman–Crippen LogP) is 3.68. The largest absolute Gasteiger partial charge is 0.504 e. The maximum absolute atomic E-state index is 10.8. The first-order chi connectivity index (χ1) is 10.0. The van der Waals surface area contributed by atoms with Crippen molar-refractivity contribution < 1.29 is 14.8 Å².